The highest BCUT2D eigenvalue weighted by molar-refractivity contribution is 6.27. The fourth-order valence-electron chi connectivity index (χ4n) is 4.42. The van der Waals surface area contributed by atoms with Crippen molar-refractivity contribution in [2.24, 2.45) is 0 Å². The summed E-state index contributed by atoms with van der Waals surface area (Å²) in [6.07, 6.45) is 7.39. The molecule has 0 spiro atoms. The number of benzene rings is 1. The maximum absolute atomic E-state index is 9.10. The molecule has 1 saturated heterocycles. The first-order valence-electron chi connectivity index (χ1n) is 11.7. The standard InChI is InChI=1S/C24H28N4O.C2H2O4/c1-17-7-8-19(15-25-17)22-16-28-14-9-18-5-3-4-6-21(18)23(24(28)26-22)29-20-10-12-27(2)13-11-20;3-1(4)2(5)6/h3-8,15-16,20,23H,9-14H2,1-2H3;(H,3,4)(H,5,6). The Morgan fingerprint density at radius 2 is 1.74 bits per heavy atom. The van der Waals surface area contributed by atoms with Gasteiger partial charge in [-0.2, -0.15) is 0 Å². The van der Waals surface area contributed by atoms with Crippen LogP contribution in [-0.4, -0.2) is 67.8 Å². The van der Waals surface area contributed by atoms with Crippen LogP contribution in [0.3, 0.4) is 0 Å². The van der Waals surface area contributed by atoms with E-state index in [1.807, 2.05) is 19.2 Å². The highest BCUT2D eigenvalue weighted by Gasteiger charge is 2.30. The number of hydrogen-bond acceptors (Lipinski definition) is 6. The molecule has 1 unspecified atom stereocenters. The second-order valence-electron chi connectivity index (χ2n) is 8.94. The van der Waals surface area contributed by atoms with Gasteiger partial charge in [0.05, 0.1) is 11.8 Å². The van der Waals surface area contributed by atoms with Crippen LogP contribution >= 0.6 is 0 Å². The van der Waals surface area contributed by atoms with E-state index in [4.69, 9.17) is 29.5 Å². The molecule has 1 aromatic carbocycles. The molecular weight excluding hydrogens is 448 g/mol. The number of pyridine rings is 1. The molecule has 0 saturated carbocycles. The number of aliphatic carboxylic acids is 2. The van der Waals surface area contributed by atoms with Crippen molar-refractivity contribution in [1.29, 1.82) is 0 Å². The molecular formula is C26H30N4O5. The summed E-state index contributed by atoms with van der Waals surface area (Å²) in [5, 5.41) is 14.8. The Kier molecular flexibility index (Phi) is 7.57. The molecule has 0 radical (unpaired) electrons. The second kappa shape index (κ2) is 10.8. The molecule has 0 aliphatic carbocycles. The van der Waals surface area contributed by atoms with Crippen molar-refractivity contribution in [3.63, 3.8) is 0 Å². The molecule has 0 bridgehead atoms. The van der Waals surface area contributed by atoms with E-state index in [9.17, 15) is 0 Å². The maximum atomic E-state index is 9.10. The number of nitrogens with zero attached hydrogens (tertiary/aromatic N) is 4. The molecule has 9 nitrogen and oxygen atoms in total. The van der Waals surface area contributed by atoms with Gasteiger partial charge in [-0.1, -0.05) is 24.3 Å². The van der Waals surface area contributed by atoms with E-state index in [0.717, 1.165) is 61.7 Å². The number of fused-ring (bicyclic) bond motifs is 2. The molecule has 3 aromatic rings. The third-order valence-electron chi connectivity index (χ3n) is 6.39. The zero-order valence-corrected chi connectivity index (χ0v) is 19.9. The van der Waals surface area contributed by atoms with Crippen molar-refractivity contribution < 1.29 is 24.5 Å². The lowest BCUT2D eigenvalue weighted by molar-refractivity contribution is -0.159. The van der Waals surface area contributed by atoms with Crippen molar-refractivity contribution in [2.45, 2.75) is 44.9 Å². The van der Waals surface area contributed by atoms with Gasteiger partial charge in [0, 0.05) is 43.3 Å². The molecule has 1 fully saturated rings. The number of carboxylic acids is 2. The predicted molar refractivity (Wildman–Crippen MR) is 129 cm³/mol. The number of hydrogen-bond donors (Lipinski definition) is 2. The van der Waals surface area contributed by atoms with E-state index < -0.39 is 11.9 Å². The topological polar surface area (TPSA) is 118 Å². The Bertz CT molecular complexity index is 1170. The number of carboxylic acid groups (broad SMARTS) is 2. The monoisotopic (exact) mass is 478 g/mol. The first-order chi connectivity index (χ1) is 16.8. The average Bonchev–Trinajstić information content (AvgIpc) is 3.21. The van der Waals surface area contributed by atoms with E-state index in [0.29, 0.717) is 0 Å². The Balaban J connectivity index is 0.000000431. The number of imidazole rings is 1. The zero-order valence-electron chi connectivity index (χ0n) is 19.9. The molecule has 2 aliphatic rings. The molecule has 2 N–H and O–H groups in total. The van der Waals surface area contributed by atoms with Gasteiger partial charge >= 0.3 is 11.9 Å². The molecule has 2 aliphatic heterocycles. The van der Waals surface area contributed by atoms with Crippen LogP contribution in [0.2, 0.25) is 0 Å². The lowest BCUT2D eigenvalue weighted by Gasteiger charge is -2.32. The van der Waals surface area contributed by atoms with Crippen molar-refractivity contribution in [3.8, 4) is 11.3 Å². The van der Waals surface area contributed by atoms with Gasteiger partial charge in [0.25, 0.3) is 0 Å². The minimum absolute atomic E-state index is 0.116. The Hall–Kier alpha value is -3.56. The van der Waals surface area contributed by atoms with E-state index in [-0.39, 0.29) is 12.2 Å². The van der Waals surface area contributed by atoms with Crippen LogP contribution in [0.1, 0.15) is 41.6 Å². The quantitative estimate of drug-likeness (QED) is 0.551. The smallest absolute Gasteiger partial charge is 0.414 e. The third-order valence-corrected chi connectivity index (χ3v) is 6.39. The van der Waals surface area contributed by atoms with E-state index in [2.05, 4.69) is 58.0 Å². The summed E-state index contributed by atoms with van der Waals surface area (Å²) in [5.74, 6) is -2.63. The van der Waals surface area contributed by atoms with E-state index >= 15 is 0 Å². The summed E-state index contributed by atoms with van der Waals surface area (Å²) in [6, 6.07) is 12.8. The normalized spacial score (nSPS) is 17.9. The maximum Gasteiger partial charge on any atom is 0.414 e. The van der Waals surface area contributed by atoms with Crippen LogP contribution in [0.25, 0.3) is 11.3 Å². The number of rotatable bonds is 3. The number of piperidine rings is 1. The van der Waals surface area contributed by atoms with Crippen LogP contribution in [0.5, 0.6) is 0 Å². The Morgan fingerprint density at radius 3 is 2.40 bits per heavy atom. The van der Waals surface area contributed by atoms with Crippen molar-refractivity contribution in [3.05, 3.63) is 71.4 Å². The second-order valence-corrected chi connectivity index (χ2v) is 8.94. The SMILES string of the molecule is Cc1ccc(-c2cn3c(n2)C(OC2CCN(C)CC2)c2ccccc2CC3)cn1.O=C(O)C(=O)O. The van der Waals surface area contributed by atoms with Crippen molar-refractivity contribution in [2.75, 3.05) is 20.1 Å². The number of aryl methyl sites for hydroxylation is 3. The average molecular weight is 479 g/mol. The number of carbonyl (C=O) groups is 2. The molecule has 9 heteroatoms. The van der Waals surface area contributed by atoms with E-state index in [1.165, 1.54) is 11.1 Å². The van der Waals surface area contributed by atoms with Gasteiger partial charge in [-0.05, 0) is 56.5 Å². The summed E-state index contributed by atoms with van der Waals surface area (Å²) in [6.45, 7) is 5.11. The van der Waals surface area contributed by atoms with Crippen LogP contribution in [0.15, 0.2) is 48.8 Å². The Morgan fingerprint density at radius 1 is 1.03 bits per heavy atom. The van der Waals surface area contributed by atoms with Crippen LogP contribution < -0.4 is 0 Å². The minimum atomic E-state index is -1.82. The summed E-state index contributed by atoms with van der Waals surface area (Å²) in [7, 11) is 2.19. The highest BCUT2D eigenvalue weighted by atomic mass is 16.5. The molecule has 5 rings (SSSR count). The molecule has 0 amide bonds. The third kappa shape index (κ3) is 5.93. The zero-order chi connectivity index (χ0) is 24.9. The van der Waals surface area contributed by atoms with Gasteiger partial charge in [-0.3, -0.25) is 4.98 Å². The number of likely N-dealkylation sites (tertiary alicyclic amines) is 1. The summed E-state index contributed by atoms with van der Waals surface area (Å²) < 4.78 is 9.04. The van der Waals surface area contributed by atoms with Gasteiger partial charge in [-0.25, -0.2) is 14.6 Å². The molecule has 2 aromatic heterocycles. The van der Waals surface area contributed by atoms with Gasteiger partial charge in [0.15, 0.2) is 0 Å². The minimum Gasteiger partial charge on any atom is -0.473 e. The lowest BCUT2D eigenvalue weighted by atomic mass is 10.00. The number of ether oxygens (including phenoxy) is 1. The summed E-state index contributed by atoms with van der Waals surface area (Å²) in [4.78, 5) is 30.1. The fraction of sp³-hybridized carbons (Fsp3) is 0.385. The predicted octanol–water partition coefficient (Wildman–Crippen LogP) is 3.17. The molecule has 1 atom stereocenters. The largest absolute Gasteiger partial charge is 0.473 e. The summed E-state index contributed by atoms with van der Waals surface area (Å²) >= 11 is 0. The van der Waals surface area contributed by atoms with Crippen LogP contribution in [0.4, 0.5) is 0 Å². The van der Waals surface area contributed by atoms with Gasteiger partial charge in [0.2, 0.25) is 0 Å². The summed E-state index contributed by atoms with van der Waals surface area (Å²) in [5.41, 5.74) is 5.69. The van der Waals surface area contributed by atoms with Gasteiger partial charge in [-0.15, -0.1) is 0 Å². The van der Waals surface area contributed by atoms with Crippen molar-refractivity contribution >= 4 is 11.9 Å². The fourth-order valence-corrected chi connectivity index (χ4v) is 4.42. The Labute approximate surface area is 204 Å². The first-order valence-corrected chi connectivity index (χ1v) is 11.7. The lowest BCUT2D eigenvalue weighted by Crippen LogP contribution is -2.35. The molecule has 184 valence electrons. The molecule has 4 heterocycles. The number of aromatic nitrogens is 3. The van der Waals surface area contributed by atoms with Crippen LogP contribution in [-0.2, 0) is 27.3 Å². The molecule has 35 heavy (non-hydrogen) atoms. The van der Waals surface area contributed by atoms with Gasteiger partial charge < -0.3 is 24.4 Å². The van der Waals surface area contributed by atoms with E-state index in [1.54, 1.807) is 0 Å². The van der Waals surface area contributed by atoms with Crippen LogP contribution in [0, 0.1) is 6.92 Å². The van der Waals surface area contributed by atoms with Crippen molar-refractivity contribution in [1.82, 2.24) is 19.4 Å². The highest BCUT2D eigenvalue weighted by Crippen LogP contribution is 2.35. The first kappa shape index (κ1) is 24.6. The van der Waals surface area contributed by atoms with Gasteiger partial charge in [0.1, 0.15) is 11.9 Å².